The van der Waals surface area contributed by atoms with E-state index in [9.17, 15) is 5.11 Å². The van der Waals surface area contributed by atoms with E-state index in [-0.39, 0.29) is 24.2 Å². The number of ether oxygens (including phenoxy) is 3. The number of phenolic OH excluding ortho intramolecular Hbond substituents is 1. The highest BCUT2D eigenvalue weighted by molar-refractivity contribution is 5.51. The Morgan fingerprint density at radius 2 is 2.11 bits per heavy atom. The van der Waals surface area contributed by atoms with Crippen molar-refractivity contribution in [2.24, 2.45) is 0 Å². The predicted molar refractivity (Wildman–Crippen MR) is 69.5 cm³/mol. The van der Waals surface area contributed by atoms with Gasteiger partial charge in [0, 0.05) is 30.3 Å². The average Bonchev–Trinajstić information content (AvgIpc) is 2.94. The van der Waals surface area contributed by atoms with Crippen LogP contribution in [0, 0.1) is 0 Å². The van der Waals surface area contributed by atoms with Gasteiger partial charge in [0.05, 0.1) is 6.10 Å². The number of aromatic hydroxyl groups is 1. The zero-order valence-corrected chi connectivity index (χ0v) is 11.2. The molecule has 1 fully saturated rings. The van der Waals surface area contributed by atoms with Crippen LogP contribution in [0.4, 0.5) is 0 Å². The molecule has 2 N–H and O–H groups in total. The summed E-state index contributed by atoms with van der Waals surface area (Å²) in [6.07, 6.45) is 1.14. The van der Waals surface area contributed by atoms with Crippen molar-refractivity contribution in [2.45, 2.75) is 38.5 Å². The van der Waals surface area contributed by atoms with Crippen LogP contribution >= 0.6 is 0 Å². The second-order valence-electron chi connectivity index (χ2n) is 5.37. The van der Waals surface area contributed by atoms with Crippen LogP contribution < -0.4 is 14.8 Å². The zero-order chi connectivity index (χ0) is 13.5. The Hall–Kier alpha value is -1.46. The highest BCUT2D eigenvalue weighted by atomic mass is 16.7. The van der Waals surface area contributed by atoms with E-state index in [4.69, 9.17) is 14.2 Å². The Morgan fingerprint density at radius 1 is 1.37 bits per heavy atom. The Bertz CT molecular complexity index is 491. The number of hydrogen-bond donors (Lipinski definition) is 2. The summed E-state index contributed by atoms with van der Waals surface area (Å²) in [5.74, 6) is 1.52. The lowest BCUT2D eigenvalue weighted by atomic mass is 9.94. The van der Waals surface area contributed by atoms with Crippen molar-refractivity contribution < 1.29 is 19.3 Å². The van der Waals surface area contributed by atoms with Gasteiger partial charge in [-0.1, -0.05) is 0 Å². The van der Waals surface area contributed by atoms with Crippen LogP contribution in [0.15, 0.2) is 12.1 Å². The van der Waals surface area contributed by atoms with Crippen molar-refractivity contribution in [1.82, 2.24) is 5.32 Å². The quantitative estimate of drug-likeness (QED) is 0.872. The molecule has 104 valence electrons. The average molecular weight is 265 g/mol. The van der Waals surface area contributed by atoms with E-state index in [0.29, 0.717) is 18.0 Å². The van der Waals surface area contributed by atoms with Crippen molar-refractivity contribution in [3.05, 3.63) is 17.7 Å². The summed E-state index contributed by atoms with van der Waals surface area (Å²) in [6, 6.07) is 3.44. The summed E-state index contributed by atoms with van der Waals surface area (Å²) >= 11 is 0. The van der Waals surface area contributed by atoms with Gasteiger partial charge in [0.1, 0.15) is 5.75 Å². The number of fused-ring (bicyclic) bond motifs is 1. The summed E-state index contributed by atoms with van der Waals surface area (Å²) in [5, 5.41) is 13.5. The van der Waals surface area contributed by atoms with Crippen molar-refractivity contribution in [3.63, 3.8) is 0 Å². The standard InChI is InChI=1S/C14H19NO4/c1-9-14(2,3-4-17-9)15-7-10-5-12-13(6-11(10)16)19-8-18-12/h5-6,9,15-16H,3-4,7-8H2,1-2H3. The lowest BCUT2D eigenvalue weighted by molar-refractivity contribution is 0.0880. The van der Waals surface area contributed by atoms with Crippen LogP contribution in [-0.2, 0) is 11.3 Å². The minimum Gasteiger partial charge on any atom is -0.507 e. The largest absolute Gasteiger partial charge is 0.507 e. The second kappa shape index (κ2) is 4.58. The molecule has 0 saturated carbocycles. The van der Waals surface area contributed by atoms with Gasteiger partial charge in [-0.15, -0.1) is 0 Å². The summed E-state index contributed by atoms with van der Waals surface area (Å²) in [5.41, 5.74) is 0.757. The van der Waals surface area contributed by atoms with Crippen LogP contribution in [0.1, 0.15) is 25.8 Å². The molecule has 2 aliphatic rings. The topological polar surface area (TPSA) is 60.0 Å². The molecule has 2 aliphatic heterocycles. The summed E-state index contributed by atoms with van der Waals surface area (Å²) in [6.45, 7) is 5.78. The SMILES string of the molecule is CC1OCCC1(C)NCc1cc2c(cc1O)OCO2. The van der Waals surface area contributed by atoms with Crippen LogP contribution in [0.3, 0.4) is 0 Å². The molecule has 5 heteroatoms. The molecular weight excluding hydrogens is 246 g/mol. The maximum Gasteiger partial charge on any atom is 0.231 e. The van der Waals surface area contributed by atoms with E-state index in [1.54, 1.807) is 6.07 Å². The molecule has 0 spiro atoms. The molecule has 5 nitrogen and oxygen atoms in total. The van der Waals surface area contributed by atoms with Crippen LogP contribution in [0.5, 0.6) is 17.2 Å². The first-order chi connectivity index (χ1) is 9.08. The third-order valence-electron chi connectivity index (χ3n) is 4.14. The third kappa shape index (κ3) is 2.24. The maximum absolute atomic E-state index is 9.99. The van der Waals surface area contributed by atoms with E-state index in [0.717, 1.165) is 18.6 Å². The van der Waals surface area contributed by atoms with E-state index in [1.807, 2.05) is 6.07 Å². The lowest BCUT2D eigenvalue weighted by Gasteiger charge is -2.29. The molecule has 2 unspecified atom stereocenters. The minimum atomic E-state index is -0.0528. The monoisotopic (exact) mass is 265 g/mol. The van der Waals surface area contributed by atoms with E-state index >= 15 is 0 Å². The summed E-state index contributed by atoms with van der Waals surface area (Å²) < 4.78 is 16.1. The molecular formula is C14H19NO4. The number of benzene rings is 1. The van der Waals surface area contributed by atoms with Gasteiger partial charge in [-0.3, -0.25) is 0 Å². The second-order valence-corrected chi connectivity index (χ2v) is 5.37. The molecule has 3 rings (SSSR count). The number of phenols is 1. The Labute approximate surface area is 112 Å². The highest BCUT2D eigenvalue weighted by Gasteiger charge is 2.36. The minimum absolute atomic E-state index is 0.0528. The van der Waals surface area contributed by atoms with E-state index in [2.05, 4.69) is 19.2 Å². The normalized spacial score (nSPS) is 28.8. The van der Waals surface area contributed by atoms with E-state index < -0.39 is 0 Å². The fourth-order valence-electron chi connectivity index (χ4n) is 2.48. The first-order valence-corrected chi connectivity index (χ1v) is 6.56. The van der Waals surface area contributed by atoms with E-state index in [1.165, 1.54) is 0 Å². The van der Waals surface area contributed by atoms with Gasteiger partial charge in [-0.25, -0.2) is 0 Å². The highest BCUT2D eigenvalue weighted by Crippen LogP contribution is 2.38. The first-order valence-electron chi connectivity index (χ1n) is 6.56. The molecule has 0 radical (unpaired) electrons. The number of rotatable bonds is 3. The van der Waals surface area contributed by atoms with Crippen molar-refractivity contribution in [1.29, 1.82) is 0 Å². The van der Waals surface area contributed by atoms with Gasteiger partial charge in [0.15, 0.2) is 11.5 Å². The van der Waals surface area contributed by atoms with Crippen LogP contribution in [-0.4, -0.2) is 30.1 Å². The first kappa shape index (κ1) is 12.6. The molecule has 2 heterocycles. The van der Waals surface area contributed by atoms with Gasteiger partial charge in [-0.05, 0) is 26.3 Å². The fraction of sp³-hybridized carbons (Fsp3) is 0.571. The van der Waals surface area contributed by atoms with Gasteiger partial charge >= 0.3 is 0 Å². The molecule has 2 atom stereocenters. The molecule has 19 heavy (non-hydrogen) atoms. The Kier molecular flexibility index (Phi) is 3.03. The summed E-state index contributed by atoms with van der Waals surface area (Å²) in [7, 11) is 0. The molecule has 1 aromatic rings. The lowest BCUT2D eigenvalue weighted by Crippen LogP contribution is -2.47. The molecule has 0 aromatic heterocycles. The predicted octanol–water partition coefficient (Wildman–Crippen LogP) is 1.78. The van der Waals surface area contributed by atoms with Crippen LogP contribution in [0.2, 0.25) is 0 Å². The summed E-state index contributed by atoms with van der Waals surface area (Å²) in [4.78, 5) is 0. The van der Waals surface area contributed by atoms with Crippen molar-refractivity contribution in [2.75, 3.05) is 13.4 Å². The zero-order valence-electron chi connectivity index (χ0n) is 11.2. The molecule has 1 saturated heterocycles. The molecule has 0 bridgehead atoms. The maximum atomic E-state index is 9.99. The van der Waals surface area contributed by atoms with Crippen LogP contribution in [0.25, 0.3) is 0 Å². The third-order valence-corrected chi connectivity index (χ3v) is 4.14. The number of hydrogen-bond acceptors (Lipinski definition) is 5. The molecule has 0 amide bonds. The van der Waals surface area contributed by atoms with Gasteiger partial charge < -0.3 is 24.6 Å². The van der Waals surface area contributed by atoms with Crippen molar-refractivity contribution in [3.8, 4) is 17.2 Å². The van der Waals surface area contributed by atoms with Gasteiger partial charge in [0.25, 0.3) is 0 Å². The Balaban J connectivity index is 1.73. The smallest absolute Gasteiger partial charge is 0.231 e. The van der Waals surface area contributed by atoms with Crippen molar-refractivity contribution >= 4 is 0 Å². The van der Waals surface area contributed by atoms with Gasteiger partial charge in [-0.2, -0.15) is 0 Å². The Morgan fingerprint density at radius 3 is 2.79 bits per heavy atom. The fourth-order valence-corrected chi connectivity index (χ4v) is 2.48. The molecule has 0 aliphatic carbocycles. The molecule has 1 aromatic carbocycles. The van der Waals surface area contributed by atoms with Gasteiger partial charge in [0.2, 0.25) is 6.79 Å². The number of nitrogens with one attached hydrogen (secondary N) is 1.